The number of aromatic nitrogens is 2. The molecule has 1 aliphatic rings. The van der Waals surface area contributed by atoms with Gasteiger partial charge < -0.3 is 15.5 Å². The van der Waals surface area contributed by atoms with E-state index in [0.29, 0.717) is 36.8 Å². The van der Waals surface area contributed by atoms with Gasteiger partial charge in [-0.2, -0.15) is 5.10 Å². The van der Waals surface area contributed by atoms with E-state index in [1.54, 1.807) is 27.8 Å². The van der Waals surface area contributed by atoms with Gasteiger partial charge in [0.2, 0.25) is 11.3 Å². The summed E-state index contributed by atoms with van der Waals surface area (Å²) in [5.41, 5.74) is 1.23. The number of nitrogens with zero attached hydrogens (tertiary/aromatic N) is 3. The van der Waals surface area contributed by atoms with E-state index in [0.717, 1.165) is 5.69 Å². The topological polar surface area (TPSA) is 96.3 Å². The second-order valence-corrected chi connectivity index (χ2v) is 7.30. The first-order valence-electron chi connectivity index (χ1n) is 9.95. The first-order chi connectivity index (χ1) is 14.6. The van der Waals surface area contributed by atoms with Crippen LogP contribution in [0.25, 0.3) is 10.9 Å². The molecule has 0 spiro atoms. The molecule has 0 radical (unpaired) electrons. The predicted molar refractivity (Wildman–Crippen MR) is 114 cm³/mol. The van der Waals surface area contributed by atoms with E-state index in [1.807, 2.05) is 36.4 Å². The Labute approximate surface area is 173 Å². The van der Waals surface area contributed by atoms with Gasteiger partial charge in [0.1, 0.15) is 6.54 Å². The first kappa shape index (κ1) is 19.6. The van der Waals surface area contributed by atoms with Gasteiger partial charge in [0, 0.05) is 30.2 Å². The summed E-state index contributed by atoms with van der Waals surface area (Å²) >= 11 is 0. The summed E-state index contributed by atoms with van der Waals surface area (Å²) in [6, 6.07) is 16.2. The maximum Gasteiger partial charge on any atom is 0.319 e. The number of benzene rings is 2. The van der Waals surface area contributed by atoms with Crippen LogP contribution in [0, 0.1) is 0 Å². The molecule has 1 aliphatic heterocycles. The number of hydrogen-bond donors (Lipinski definition) is 2. The minimum Gasteiger partial charge on any atom is -0.341 e. The standard InChI is InChI=1S/C22H23N5O3/c28-20-14-23-27(19-9-5-4-8-18(19)20)15-21(29)26-12-10-17(11-13-26)25-22(30)24-16-6-2-1-3-7-16/h1-9,14,17H,10-13,15H2,(H2,24,25,30). The van der Waals surface area contributed by atoms with Crippen LogP contribution in [0.5, 0.6) is 0 Å². The Hall–Kier alpha value is -3.68. The van der Waals surface area contributed by atoms with Crippen molar-refractivity contribution in [2.24, 2.45) is 0 Å². The SMILES string of the molecule is O=C(Nc1ccccc1)NC1CCN(C(=O)Cn2ncc(=O)c3ccccc32)CC1. The summed E-state index contributed by atoms with van der Waals surface area (Å²) in [6.45, 7) is 1.20. The van der Waals surface area contributed by atoms with Crippen molar-refractivity contribution >= 4 is 28.5 Å². The molecule has 1 aromatic heterocycles. The molecule has 1 saturated heterocycles. The number of fused-ring (bicyclic) bond motifs is 1. The van der Waals surface area contributed by atoms with Gasteiger partial charge in [-0.05, 0) is 37.1 Å². The lowest BCUT2D eigenvalue weighted by Crippen LogP contribution is -2.48. The molecular formula is C22H23N5O3. The van der Waals surface area contributed by atoms with Crippen molar-refractivity contribution in [1.29, 1.82) is 0 Å². The van der Waals surface area contributed by atoms with Gasteiger partial charge in [0.25, 0.3) is 0 Å². The molecule has 0 atom stereocenters. The highest BCUT2D eigenvalue weighted by molar-refractivity contribution is 5.89. The minimum absolute atomic E-state index is 0.0177. The Balaban J connectivity index is 1.31. The van der Waals surface area contributed by atoms with Crippen LogP contribution in [0.4, 0.5) is 10.5 Å². The van der Waals surface area contributed by atoms with Gasteiger partial charge in [0.15, 0.2) is 0 Å². The second-order valence-electron chi connectivity index (χ2n) is 7.30. The number of hydrogen-bond acceptors (Lipinski definition) is 4. The number of carbonyl (C=O) groups is 2. The van der Waals surface area contributed by atoms with E-state index in [4.69, 9.17) is 0 Å². The number of para-hydroxylation sites is 2. The van der Waals surface area contributed by atoms with Crippen LogP contribution in [0.3, 0.4) is 0 Å². The zero-order valence-corrected chi connectivity index (χ0v) is 16.5. The maximum atomic E-state index is 12.8. The van der Waals surface area contributed by atoms with Crippen LogP contribution in [0.15, 0.2) is 65.6 Å². The van der Waals surface area contributed by atoms with Crippen molar-refractivity contribution in [3.8, 4) is 0 Å². The van der Waals surface area contributed by atoms with Crippen LogP contribution < -0.4 is 16.1 Å². The molecule has 8 heteroatoms. The lowest BCUT2D eigenvalue weighted by molar-refractivity contribution is -0.133. The summed E-state index contributed by atoms with van der Waals surface area (Å²) in [5, 5.41) is 10.5. The largest absolute Gasteiger partial charge is 0.341 e. The Morgan fingerprint density at radius 2 is 1.70 bits per heavy atom. The predicted octanol–water partition coefficient (Wildman–Crippen LogP) is 2.21. The average molecular weight is 405 g/mol. The molecule has 0 saturated carbocycles. The van der Waals surface area contributed by atoms with Gasteiger partial charge in [0.05, 0.1) is 11.7 Å². The monoisotopic (exact) mass is 405 g/mol. The Kier molecular flexibility index (Phi) is 5.74. The average Bonchev–Trinajstić information content (AvgIpc) is 2.77. The third-order valence-corrected chi connectivity index (χ3v) is 5.26. The molecule has 154 valence electrons. The van der Waals surface area contributed by atoms with E-state index in [2.05, 4.69) is 15.7 Å². The lowest BCUT2D eigenvalue weighted by atomic mass is 10.1. The molecule has 2 aromatic carbocycles. The van der Waals surface area contributed by atoms with E-state index >= 15 is 0 Å². The smallest absolute Gasteiger partial charge is 0.319 e. The molecule has 30 heavy (non-hydrogen) atoms. The fourth-order valence-corrected chi connectivity index (χ4v) is 3.66. The van der Waals surface area contributed by atoms with Gasteiger partial charge in [-0.25, -0.2) is 4.79 Å². The van der Waals surface area contributed by atoms with Crippen LogP contribution in [-0.2, 0) is 11.3 Å². The van der Waals surface area contributed by atoms with Crippen molar-refractivity contribution < 1.29 is 9.59 Å². The normalized spacial score (nSPS) is 14.5. The van der Waals surface area contributed by atoms with E-state index in [1.165, 1.54) is 6.20 Å². The summed E-state index contributed by atoms with van der Waals surface area (Å²) in [5.74, 6) is -0.0523. The van der Waals surface area contributed by atoms with E-state index in [9.17, 15) is 14.4 Å². The van der Waals surface area contributed by atoms with Gasteiger partial charge in [-0.3, -0.25) is 14.3 Å². The number of amides is 3. The second kappa shape index (κ2) is 8.77. The molecule has 0 bridgehead atoms. The molecule has 0 unspecified atom stereocenters. The Bertz CT molecular complexity index is 1100. The Morgan fingerprint density at radius 1 is 1.00 bits per heavy atom. The first-order valence-corrected chi connectivity index (χ1v) is 9.95. The Morgan fingerprint density at radius 3 is 2.47 bits per heavy atom. The fourth-order valence-electron chi connectivity index (χ4n) is 3.66. The summed E-state index contributed by atoms with van der Waals surface area (Å²) in [6.07, 6.45) is 2.62. The van der Waals surface area contributed by atoms with Gasteiger partial charge in [-0.15, -0.1) is 0 Å². The van der Waals surface area contributed by atoms with Crippen LogP contribution in [-0.4, -0.2) is 45.8 Å². The van der Waals surface area contributed by atoms with Crippen LogP contribution in [0.2, 0.25) is 0 Å². The van der Waals surface area contributed by atoms with Crippen LogP contribution in [0.1, 0.15) is 12.8 Å². The quantitative estimate of drug-likeness (QED) is 0.696. The lowest BCUT2D eigenvalue weighted by Gasteiger charge is -2.32. The van der Waals surface area contributed by atoms with Crippen molar-refractivity contribution in [1.82, 2.24) is 20.0 Å². The third-order valence-electron chi connectivity index (χ3n) is 5.26. The molecule has 2 heterocycles. The highest BCUT2D eigenvalue weighted by atomic mass is 16.2. The maximum absolute atomic E-state index is 12.8. The number of rotatable bonds is 4. The third kappa shape index (κ3) is 4.48. The minimum atomic E-state index is -0.241. The molecule has 0 aliphatic carbocycles. The van der Waals surface area contributed by atoms with Gasteiger partial charge in [-0.1, -0.05) is 30.3 Å². The van der Waals surface area contributed by atoms with E-state index < -0.39 is 0 Å². The number of carbonyl (C=O) groups excluding carboxylic acids is 2. The summed E-state index contributed by atoms with van der Waals surface area (Å²) in [4.78, 5) is 38.6. The summed E-state index contributed by atoms with van der Waals surface area (Å²) < 4.78 is 1.57. The number of urea groups is 1. The zero-order chi connectivity index (χ0) is 20.9. The van der Waals surface area contributed by atoms with Crippen molar-refractivity contribution in [2.45, 2.75) is 25.4 Å². The van der Waals surface area contributed by atoms with Crippen molar-refractivity contribution in [2.75, 3.05) is 18.4 Å². The van der Waals surface area contributed by atoms with Crippen molar-refractivity contribution in [3.63, 3.8) is 0 Å². The van der Waals surface area contributed by atoms with Crippen molar-refractivity contribution in [3.05, 3.63) is 71.0 Å². The number of nitrogens with one attached hydrogen (secondary N) is 2. The van der Waals surface area contributed by atoms with Crippen LogP contribution >= 0.6 is 0 Å². The molecule has 8 nitrogen and oxygen atoms in total. The molecule has 2 N–H and O–H groups in total. The number of likely N-dealkylation sites (tertiary alicyclic amines) is 1. The molecule has 1 fully saturated rings. The number of piperidine rings is 1. The van der Waals surface area contributed by atoms with Gasteiger partial charge >= 0.3 is 6.03 Å². The fraction of sp³-hybridized carbons (Fsp3) is 0.273. The highest BCUT2D eigenvalue weighted by Crippen LogP contribution is 2.13. The molecular weight excluding hydrogens is 382 g/mol. The number of anilines is 1. The zero-order valence-electron chi connectivity index (χ0n) is 16.5. The molecule has 4 rings (SSSR count). The molecule has 3 amide bonds. The highest BCUT2D eigenvalue weighted by Gasteiger charge is 2.24. The van der Waals surface area contributed by atoms with E-state index in [-0.39, 0.29) is 30.0 Å². The molecule has 3 aromatic rings. The summed E-state index contributed by atoms with van der Waals surface area (Å²) in [7, 11) is 0.